The van der Waals surface area contributed by atoms with Crippen molar-refractivity contribution in [2.75, 3.05) is 13.6 Å². The third kappa shape index (κ3) is 7.83. The molecule has 0 saturated carbocycles. The summed E-state index contributed by atoms with van der Waals surface area (Å²) in [7, 11) is 1.69. The number of hydrogen-bond donors (Lipinski definition) is 2. The van der Waals surface area contributed by atoms with E-state index in [9.17, 15) is 19.5 Å². The average Bonchev–Trinajstić information content (AvgIpc) is 2.72. The van der Waals surface area contributed by atoms with Crippen molar-refractivity contribution in [1.29, 1.82) is 0 Å². The molecule has 1 fully saturated rings. The summed E-state index contributed by atoms with van der Waals surface area (Å²) < 4.78 is 0. The molecule has 0 aliphatic carbocycles. The van der Waals surface area contributed by atoms with Crippen LogP contribution >= 0.6 is 0 Å². The Kier molecular flexibility index (Phi) is 10.6. The van der Waals surface area contributed by atoms with Gasteiger partial charge in [0.15, 0.2) is 0 Å². The Morgan fingerprint density at radius 3 is 2.09 bits per heavy atom. The SMILES string of the molecule is CC(=C[C@H](C(C)C)N(C)C(=O)[C@@H](NC(=O)C1CCCCN1C(C)C(C)C)C(C)(C)C)C(=O)O. The van der Waals surface area contributed by atoms with Crippen LogP contribution in [-0.2, 0) is 14.4 Å². The normalized spacial score (nSPS) is 21.0. The molecule has 2 unspecified atom stereocenters. The number of carboxylic acids is 1. The number of likely N-dealkylation sites (N-methyl/N-ethyl adjacent to an activating group) is 1. The minimum Gasteiger partial charge on any atom is -0.478 e. The monoisotopic (exact) mass is 465 g/mol. The number of carbonyl (C=O) groups excluding carboxylic acids is 2. The first-order chi connectivity index (χ1) is 15.1. The van der Waals surface area contributed by atoms with Crippen molar-refractivity contribution in [3.63, 3.8) is 0 Å². The van der Waals surface area contributed by atoms with Crippen LogP contribution < -0.4 is 5.32 Å². The highest BCUT2D eigenvalue weighted by molar-refractivity contribution is 5.91. The van der Waals surface area contributed by atoms with Gasteiger partial charge in [0, 0.05) is 18.7 Å². The van der Waals surface area contributed by atoms with Gasteiger partial charge in [-0.25, -0.2) is 4.79 Å². The van der Waals surface area contributed by atoms with E-state index in [1.165, 1.54) is 6.92 Å². The largest absolute Gasteiger partial charge is 0.478 e. The Hall–Kier alpha value is -1.89. The van der Waals surface area contributed by atoms with Gasteiger partial charge in [-0.3, -0.25) is 14.5 Å². The second kappa shape index (κ2) is 12.0. The summed E-state index contributed by atoms with van der Waals surface area (Å²) in [6, 6.07) is -1.06. The third-order valence-electron chi connectivity index (χ3n) is 6.97. The van der Waals surface area contributed by atoms with E-state index in [0.29, 0.717) is 5.92 Å². The fourth-order valence-electron chi connectivity index (χ4n) is 4.42. The second-order valence-corrected chi connectivity index (χ2v) is 11.4. The molecule has 1 rings (SSSR count). The van der Waals surface area contributed by atoms with E-state index in [-0.39, 0.29) is 41.4 Å². The summed E-state index contributed by atoms with van der Waals surface area (Å²) in [5.74, 6) is -0.852. The average molecular weight is 466 g/mol. The molecule has 7 heteroatoms. The van der Waals surface area contributed by atoms with E-state index in [4.69, 9.17) is 0 Å². The van der Waals surface area contributed by atoms with Gasteiger partial charge in [0.2, 0.25) is 11.8 Å². The zero-order valence-corrected chi connectivity index (χ0v) is 22.4. The molecular formula is C26H47N3O4. The van der Waals surface area contributed by atoms with Gasteiger partial charge in [0.25, 0.3) is 0 Å². The van der Waals surface area contributed by atoms with Gasteiger partial charge in [-0.2, -0.15) is 0 Å². The minimum atomic E-state index is -1.00. The van der Waals surface area contributed by atoms with Crippen LogP contribution in [0.3, 0.4) is 0 Å². The smallest absolute Gasteiger partial charge is 0.331 e. The Balaban J connectivity index is 3.18. The van der Waals surface area contributed by atoms with Crippen molar-refractivity contribution in [3.8, 4) is 0 Å². The fraction of sp³-hybridized carbons (Fsp3) is 0.808. The predicted octanol–water partition coefficient (Wildman–Crippen LogP) is 3.93. The molecular weight excluding hydrogens is 418 g/mol. The maximum atomic E-state index is 13.6. The Bertz CT molecular complexity index is 724. The number of nitrogens with one attached hydrogen (secondary N) is 1. The quantitative estimate of drug-likeness (QED) is 0.504. The van der Waals surface area contributed by atoms with E-state index in [1.807, 2.05) is 34.6 Å². The van der Waals surface area contributed by atoms with Crippen LogP contribution in [0.15, 0.2) is 11.6 Å². The maximum Gasteiger partial charge on any atom is 0.331 e. The van der Waals surface area contributed by atoms with E-state index >= 15 is 0 Å². The third-order valence-corrected chi connectivity index (χ3v) is 6.97. The molecule has 1 aliphatic heterocycles. The first-order valence-corrected chi connectivity index (χ1v) is 12.3. The minimum absolute atomic E-state index is 0.0188. The highest BCUT2D eigenvalue weighted by atomic mass is 16.4. The van der Waals surface area contributed by atoms with Gasteiger partial charge >= 0.3 is 5.97 Å². The summed E-state index contributed by atoms with van der Waals surface area (Å²) in [5.41, 5.74) is -0.303. The zero-order chi connectivity index (χ0) is 25.7. The molecule has 33 heavy (non-hydrogen) atoms. The number of amides is 2. The number of nitrogens with zero attached hydrogens (tertiary/aromatic N) is 2. The van der Waals surface area contributed by atoms with Crippen LogP contribution in [0.4, 0.5) is 0 Å². The van der Waals surface area contributed by atoms with Gasteiger partial charge in [-0.15, -0.1) is 0 Å². The standard InChI is InChI=1S/C26H47N3O4/c1-16(2)19(6)29-14-12-11-13-20(29)23(30)27-22(26(7,8)9)24(31)28(10)21(17(3)4)15-18(5)25(32)33/h15-17,19-22H,11-14H2,1-10H3,(H,27,30)(H,32,33)/t19?,20?,21-,22-/m1/s1. The lowest BCUT2D eigenvalue weighted by molar-refractivity contribution is -0.142. The predicted molar refractivity (Wildman–Crippen MR) is 133 cm³/mol. The van der Waals surface area contributed by atoms with Crippen molar-refractivity contribution in [1.82, 2.24) is 15.1 Å². The lowest BCUT2D eigenvalue weighted by Crippen LogP contribution is -2.61. The summed E-state index contributed by atoms with van der Waals surface area (Å²) in [5, 5.41) is 12.4. The molecule has 0 aromatic heterocycles. The Labute approximate surface area is 201 Å². The molecule has 0 radical (unpaired) electrons. The van der Waals surface area contributed by atoms with E-state index in [2.05, 4.69) is 31.0 Å². The molecule has 2 amide bonds. The summed E-state index contributed by atoms with van der Waals surface area (Å²) >= 11 is 0. The van der Waals surface area contributed by atoms with Crippen LogP contribution in [0.25, 0.3) is 0 Å². The molecule has 1 saturated heterocycles. The van der Waals surface area contributed by atoms with E-state index in [1.54, 1.807) is 18.0 Å². The number of hydrogen-bond acceptors (Lipinski definition) is 4. The molecule has 1 aliphatic rings. The fourth-order valence-corrected chi connectivity index (χ4v) is 4.42. The highest BCUT2D eigenvalue weighted by Gasteiger charge is 2.40. The van der Waals surface area contributed by atoms with Crippen LogP contribution in [0.1, 0.15) is 81.6 Å². The molecule has 0 bridgehead atoms. The van der Waals surface area contributed by atoms with Gasteiger partial charge in [-0.1, -0.05) is 61.0 Å². The Morgan fingerprint density at radius 2 is 1.64 bits per heavy atom. The number of aliphatic carboxylic acids is 1. The number of rotatable bonds is 9. The van der Waals surface area contributed by atoms with Crippen molar-refractivity contribution in [2.45, 2.75) is 106 Å². The molecule has 1 heterocycles. The van der Waals surface area contributed by atoms with Crippen molar-refractivity contribution >= 4 is 17.8 Å². The molecule has 4 atom stereocenters. The molecule has 0 aromatic carbocycles. The molecule has 0 aromatic rings. The van der Waals surface area contributed by atoms with Gasteiger partial charge in [0.05, 0.1) is 12.1 Å². The second-order valence-electron chi connectivity index (χ2n) is 11.4. The van der Waals surface area contributed by atoms with Crippen LogP contribution in [0.5, 0.6) is 0 Å². The molecule has 190 valence electrons. The van der Waals surface area contributed by atoms with Crippen molar-refractivity contribution < 1.29 is 19.5 Å². The summed E-state index contributed by atoms with van der Waals surface area (Å²) in [6.45, 7) is 18.7. The first-order valence-electron chi connectivity index (χ1n) is 12.3. The molecule has 2 N–H and O–H groups in total. The van der Waals surface area contributed by atoms with Crippen LogP contribution in [0.2, 0.25) is 0 Å². The number of piperidine rings is 1. The lowest BCUT2D eigenvalue weighted by Gasteiger charge is -2.42. The van der Waals surface area contributed by atoms with E-state index in [0.717, 1.165) is 25.8 Å². The maximum absolute atomic E-state index is 13.6. The molecule has 0 spiro atoms. The van der Waals surface area contributed by atoms with Crippen molar-refractivity contribution in [3.05, 3.63) is 11.6 Å². The van der Waals surface area contributed by atoms with Gasteiger partial charge in [-0.05, 0) is 50.5 Å². The van der Waals surface area contributed by atoms with E-state index < -0.39 is 17.4 Å². The van der Waals surface area contributed by atoms with Gasteiger partial charge < -0.3 is 15.3 Å². The number of carboxylic acid groups (broad SMARTS) is 1. The van der Waals surface area contributed by atoms with Crippen molar-refractivity contribution in [2.24, 2.45) is 17.3 Å². The molecule has 7 nitrogen and oxygen atoms in total. The highest BCUT2D eigenvalue weighted by Crippen LogP contribution is 2.27. The number of carbonyl (C=O) groups is 3. The lowest BCUT2D eigenvalue weighted by atomic mass is 9.84. The number of likely N-dealkylation sites (tertiary alicyclic amines) is 1. The first kappa shape index (κ1) is 29.1. The summed E-state index contributed by atoms with van der Waals surface area (Å²) in [4.78, 5) is 42.4. The summed E-state index contributed by atoms with van der Waals surface area (Å²) in [6.07, 6.45) is 4.50. The topological polar surface area (TPSA) is 90.0 Å². The zero-order valence-electron chi connectivity index (χ0n) is 22.4. The Morgan fingerprint density at radius 1 is 1.06 bits per heavy atom. The van der Waals surface area contributed by atoms with Crippen LogP contribution in [-0.4, -0.2) is 70.4 Å². The van der Waals surface area contributed by atoms with Gasteiger partial charge in [0.1, 0.15) is 6.04 Å². The van der Waals surface area contributed by atoms with Crippen LogP contribution in [0, 0.1) is 17.3 Å².